The molecule has 1 aromatic heterocycles. The van der Waals surface area contributed by atoms with Gasteiger partial charge in [0, 0.05) is 12.6 Å². The molecule has 0 aliphatic carbocycles. The maximum atomic E-state index is 10.4. The number of aldehydes is 1. The molecule has 0 unspecified atom stereocenters. The van der Waals surface area contributed by atoms with Crippen LogP contribution in [0.4, 0.5) is 0 Å². The lowest BCUT2D eigenvalue weighted by Gasteiger charge is -2.02. The van der Waals surface area contributed by atoms with Crippen LogP contribution >= 0.6 is 0 Å². The highest BCUT2D eigenvalue weighted by Gasteiger charge is 2.00. The van der Waals surface area contributed by atoms with E-state index >= 15 is 0 Å². The zero-order valence-corrected chi connectivity index (χ0v) is 7.32. The van der Waals surface area contributed by atoms with Gasteiger partial charge in [0.25, 0.3) is 0 Å². The Labute approximate surface area is 71.9 Å². The average molecular weight is 164 g/mol. The van der Waals surface area contributed by atoms with E-state index in [0.717, 1.165) is 18.5 Å². The third-order valence-corrected chi connectivity index (χ3v) is 1.44. The van der Waals surface area contributed by atoms with Gasteiger partial charge in [0.2, 0.25) is 0 Å². The van der Waals surface area contributed by atoms with Crippen molar-refractivity contribution < 1.29 is 4.79 Å². The fraction of sp³-hybridized carbons (Fsp3) is 0.444. The van der Waals surface area contributed by atoms with E-state index in [2.05, 4.69) is 23.8 Å². The van der Waals surface area contributed by atoms with E-state index < -0.39 is 0 Å². The quantitative estimate of drug-likeness (QED) is 0.635. The largest absolute Gasteiger partial charge is 0.296 e. The second-order valence-electron chi connectivity index (χ2n) is 3.11. The fourth-order valence-corrected chi connectivity index (χ4v) is 0.944. The molecule has 0 aliphatic rings. The van der Waals surface area contributed by atoms with Crippen LogP contribution in [0.2, 0.25) is 0 Å². The van der Waals surface area contributed by atoms with Crippen molar-refractivity contribution in [2.24, 2.45) is 5.92 Å². The first-order valence-electron chi connectivity index (χ1n) is 3.99. The zero-order chi connectivity index (χ0) is 8.97. The van der Waals surface area contributed by atoms with Crippen molar-refractivity contribution in [3.63, 3.8) is 0 Å². The summed E-state index contributed by atoms with van der Waals surface area (Å²) in [5, 5.41) is 0. The molecule has 0 radical (unpaired) electrons. The summed E-state index contributed by atoms with van der Waals surface area (Å²) < 4.78 is 0. The van der Waals surface area contributed by atoms with E-state index in [1.54, 1.807) is 12.3 Å². The van der Waals surface area contributed by atoms with E-state index in [0.29, 0.717) is 11.6 Å². The van der Waals surface area contributed by atoms with Crippen LogP contribution in [0.15, 0.2) is 12.3 Å². The second-order valence-corrected chi connectivity index (χ2v) is 3.11. The molecule has 0 fully saturated rings. The van der Waals surface area contributed by atoms with E-state index in [9.17, 15) is 4.79 Å². The van der Waals surface area contributed by atoms with Gasteiger partial charge in [-0.2, -0.15) is 0 Å². The number of hydrogen-bond donors (Lipinski definition) is 0. The molecule has 0 N–H and O–H groups in total. The van der Waals surface area contributed by atoms with Crippen LogP contribution in [-0.4, -0.2) is 16.3 Å². The van der Waals surface area contributed by atoms with Gasteiger partial charge in [0.1, 0.15) is 11.5 Å². The molecule has 1 heterocycles. The SMILES string of the molecule is CC(C)Cc1nccc(C=O)n1. The lowest BCUT2D eigenvalue weighted by molar-refractivity contribution is 0.111. The Morgan fingerprint density at radius 2 is 2.33 bits per heavy atom. The minimum atomic E-state index is 0.459. The highest BCUT2D eigenvalue weighted by atomic mass is 16.1. The first-order chi connectivity index (χ1) is 5.72. The third-order valence-electron chi connectivity index (χ3n) is 1.44. The predicted octanol–water partition coefficient (Wildman–Crippen LogP) is 1.49. The van der Waals surface area contributed by atoms with Crippen LogP contribution in [0, 0.1) is 5.92 Å². The maximum Gasteiger partial charge on any atom is 0.168 e. The monoisotopic (exact) mass is 164 g/mol. The summed E-state index contributed by atoms with van der Waals surface area (Å²) in [6.07, 6.45) is 3.18. The number of rotatable bonds is 3. The van der Waals surface area contributed by atoms with Crippen LogP contribution < -0.4 is 0 Å². The standard InChI is InChI=1S/C9H12N2O/c1-7(2)5-9-10-4-3-8(6-12)11-9/h3-4,6-7H,5H2,1-2H3. The molecular weight excluding hydrogens is 152 g/mol. The molecule has 12 heavy (non-hydrogen) atoms. The van der Waals surface area contributed by atoms with E-state index in [-0.39, 0.29) is 0 Å². The third kappa shape index (κ3) is 2.42. The number of carbonyl (C=O) groups is 1. The van der Waals surface area contributed by atoms with Gasteiger partial charge in [-0.05, 0) is 12.0 Å². The van der Waals surface area contributed by atoms with E-state index in [4.69, 9.17) is 0 Å². The number of nitrogens with zero attached hydrogens (tertiary/aromatic N) is 2. The molecule has 0 aliphatic heterocycles. The van der Waals surface area contributed by atoms with Gasteiger partial charge in [-0.3, -0.25) is 4.79 Å². The van der Waals surface area contributed by atoms with Crippen LogP contribution in [0.25, 0.3) is 0 Å². The molecule has 0 spiro atoms. The van der Waals surface area contributed by atoms with Crippen molar-refractivity contribution >= 4 is 6.29 Å². The topological polar surface area (TPSA) is 42.9 Å². The van der Waals surface area contributed by atoms with E-state index in [1.807, 2.05) is 0 Å². The molecule has 0 atom stereocenters. The van der Waals surface area contributed by atoms with Gasteiger partial charge in [0.05, 0.1) is 0 Å². The Kier molecular flexibility index (Phi) is 2.91. The summed E-state index contributed by atoms with van der Waals surface area (Å²) in [5.74, 6) is 1.27. The van der Waals surface area contributed by atoms with Crippen molar-refractivity contribution in [1.29, 1.82) is 0 Å². The Hall–Kier alpha value is -1.25. The highest BCUT2D eigenvalue weighted by Crippen LogP contribution is 2.01. The van der Waals surface area contributed by atoms with Gasteiger partial charge in [0.15, 0.2) is 6.29 Å². The fourth-order valence-electron chi connectivity index (χ4n) is 0.944. The molecule has 3 nitrogen and oxygen atoms in total. The van der Waals surface area contributed by atoms with Crippen LogP contribution in [0.1, 0.15) is 30.2 Å². The highest BCUT2D eigenvalue weighted by molar-refractivity contribution is 5.71. The summed E-state index contributed by atoms with van der Waals surface area (Å²) in [6.45, 7) is 4.19. The Bertz CT molecular complexity index is 271. The minimum Gasteiger partial charge on any atom is -0.296 e. The van der Waals surface area contributed by atoms with Crippen molar-refractivity contribution in [3.8, 4) is 0 Å². The van der Waals surface area contributed by atoms with Crippen molar-refractivity contribution in [1.82, 2.24) is 9.97 Å². The molecule has 64 valence electrons. The van der Waals surface area contributed by atoms with Crippen molar-refractivity contribution in [2.45, 2.75) is 20.3 Å². The summed E-state index contributed by atoms with van der Waals surface area (Å²) in [6, 6.07) is 1.61. The molecule has 1 aromatic rings. The van der Waals surface area contributed by atoms with Gasteiger partial charge < -0.3 is 0 Å². The van der Waals surface area contributed by atoms with Crippen LogP contribution in [0.3, 0.4) is 0 Å². The summed E-state index contributed by atoms with van der Waals surface area (Å²) >= 11 is 0. The summed E-state index contributed by atoms with van der Waals surface area (Å²) in [7, 11) is 0. The second kappa shape index (κ2) is 3.95. The van der Waals surface area contributed by atoms with Gasteiger partial charge in [-0.1, -0.05) is 13.8 Å². The smallest absolute Gasteiger partial charge is 0.168 e. The summed E-state index contributed by atoms with van der Waals surface area (Å²) in [4.78, 5) is 18.5. The lowest BCUT2D eigenvalue weighted by Crippen LogP contribution is -2.02. The molecule has 0 amide bonds. The zero-order valence-electron chi connectivity index (χ0n) is 7.32. The van der Waals surface area contributed by atoms with E-state index in [1.165, 1.54) is 0 Å². The Morgan fingerprint density at radius 1 is 1.58 bits per heavy atom. The number of carbonyl (C=O) groups excluding carboxylic acids is 1. The Balaban J connectivity index is 2.79. The lowest BCUT2D eigenvalue weighted by atomic mass is 10.1. The van der Waals surface area contributed by atoms with Crippen molar-refractivity contribution in [3.05, 3.63) is 23.8 Å². The first-order valence-corrected chi connectivity index (χ1v) is 3.99. The average Bonchev–Trinajstić information content (AvgIpc) is 2.03. The molecule has 0 aromatic carbocycles. The predicted molar refractivity (Wildman–Crippen MR) is 46.0 cm³/mol. The molecule has 3 heteroatoms. The van der Waals surface area contributed by atoms with Gasteiger partial charge in [-0.25, -0.2) is 9.97 Å². The molecule has 1 rings (SSSR count). The maximum absolute atomic E-state index is 10.4. The molecule has 0 bridgehead atoms. The number of hydrogen-bond acceptors (Lipinski definition) is 3. The first kappa shape index (κ1) is 8.84. The van der Waals surface area contributed by atoms with Gasteiger partial charge >= 0.3 is 0 Å². The molecule has 0 saturated carbocycles. The normalized spacial score (nSPS) is 10.2. The van der Waals surface area contributed by atoms with Gasteiger partial charge in [-0.15, -0.1) is 0 Å². The number of aromatic nitrogens is 2. The minimum absolute atomic E-state index is 0.459. The Morgan fingerprint density at radius 3 is 2.92 bits per heavy atom. The van der Waals surface area contributed by atoms with Crippen molar-refractivity contribution in [2.75, 3.05) is 0 Å². The van der Waals surface area contributed by atoms with Crippen LogP contribution in [0.5, 0.6) is 0 Å². The van der Waals surface area contributed by atoms with Crippen LogP contribution in [-0.2, 0) is 6.42 Å². The summed E-state index contributed by atoms with van der Waals surface area (Å²) in [5.41, 5.74) is 0.459. The molecule has 0 saturated heterocycles. The molecular formula is C9H12N2O.